The van der Waals surface area contributed by atoms with Gasteiger partial charge in [0.2, 0.25) is 5.91 Å². The first-order valence-electron chi connectivity index (χ1n) is 8.44. The van der Waals surface area contributed by atoms with Crippen molar-refractivity contribution in [3.8, 4) is 5.69 Å². The smallest absolute Gasteiger partial charge is 0.253 e. The van der Waals surface area contributed by atoms with E-state index in [1.807, 2.05) is 12.1 Å². The summed E-state index contributed by atoms with van der Waals surface area (Å²) in [5.74, 6) is -0.0573. The lowest BCUT2D eigenvalue weighted by Gasteiger charge is -2.10. The summed E-state index contributed by atoms with van der Waals surface area (Å²) in [6.45, 7) is 0. The molecule has 3 rings (SSSR count). The Labute approximate surface area is 186 Å². The SMILES string of the molecule is CN(C)C(=O)c1ccc(NC(=O)CSc2nn(-c3ccc(Cl)cc3)c(=S)s2)cc1. The van der Waals surface area contributed by atoms with Crippen molar-refractivity contribution in [3.63, 3.8) is 0 Å². The van der Waals surface area contributed by atoms with Gasteiger partial charge in [0.15, 0.2) is 8.29 Å². The van der Waals surface area contributed by atoms with Crippen molar-refractivity contribution in [1.29, 1.82) is 0 Å². The molecule has 0 fully saturated rings. The van der Waals surface area contributed by atoms with E-state index in [9.17, 15) is 9.59 Å². The number of anilines is 1. The third kappa shape index (κ3) is 5.66. The monoisotopic (exact) mass is 464 g/mol. The van der Waals surface area contributed by atoms with E-state index < -0.39 is 0 Å². The molecule has 0 aliphatic rings. The van der Waals surface area contributed by atoms with Gasteiger partial charge in [0.05, 0.1) is 11.4 Å². The fraction of sp³-hybridized carbons (Fsp3) is 0.158. The van der Waals surface area contributed by atoms with Crippen molar-refractivity contribution in [2.45, 2.75) is 4.34 Å². The third-order valence-electron chi connectivity index (χ3n) is 3.75. The number of hydrogen-bond acceptors (Lipinski definition) is 6. The van der Waals surface area contributed by atoms with Crippen LogP contribution in [0.2, 0.25) is 5.02 Å². The average Bonchev–Trinajstić information content (AvgIpc) is 3.07. The molecule has 0 unspecified atom stereocenters. The van der Waals surface area contributed by atoms with Crippen molar-refractivity contribution in [1.82, 2.24) is 14.7 Å². The molecule has 10 heteroatoms. The first kappa shape index (κ1) is 21.5. The maximum Gasteiger partial charge on any atom is 0.253 e. The van der Waals surface area contributed by atoms with Gasteiger partial charge in [-0.05, 0) is 60.7 Å². The van der Waals surface area contributed by atoms with Gasteiger partial charge in [-0.25, -0.2) is 4.68 Å². The lowest BCUT2D eigenvalue weighted by molar-refractivity contribution is -0.113. The molecule has 1 heterocycles. The molecular formula is C19H17ClN4O2S3. The van der Waals surface area contributed by atoms with E-state index in [4.69, 9.17) is 23.8 Å². The van der Waals surface area contributed by atoms with Gasteiger partial charge >= 0.3 is 0 Å². The number of hydrogen-bond donors (Lipinski definition) is 1. The second kappa shape index (κ2) is 9.53. The Bertz CT molecular complexity index is 1080. The fourth-order valence-electron chi connectivity index (χ4n) is 2.34. The van der Waals surface area contributed by atoms with Gasteiger partial charge in [0.1, 0.15) is 0 Å². The number of rotatable bonds is 6. The van der Waals surface area contributed by atoms with E-state index in [1.54, 1.807) is 55.2 Å². The minimum absolute atomic E-state index is 0.0871. The van der Waals surface area contributed by atoms with Gasteiger partial charge in [-0.1, -0.05) is 34.7 Å². The van der Waals surface area contributed by atoms with E-state index in [0.717, 1.165) is 5.69 Å². The number of halogens is 1. The molecule has 0 saturated heterocycles. The molecule has 2 aromatic carbocycles. The maximum atomic E-state index is 12.2. The molecule has 0 aliphatic heterocycles. The van der Waals surface area contributed by atoms with Crippen LogP contribution in [0.15, 0.2) is 52.9 Å². The summed E-state index contributed by atoms with van der Waals surface area (Å²) in [5.41, 5.74) is 2.01. The zero-order valence-corrected chi connectivity index (χ0v) is 18.8. The molecule has 29 heavy (non-hydrogen) atoms. The van der Waals surface area contributed by atoms with Gasteiger partial charge in [-0.3, -0.25) is 9.59 Å². The lowest BCUT2D eigenvalue weighted by Crippen LogP contribution is -2.21. The molecule has 2 amide bonds. The Morgan fingerprint density at radius 1 is 1.17 bits per heavy atom. The average molecular weight is 465 g/mol. The summed E-state index contributed by atoms with van der Waals surface area (Å²) in [6.07, 6.45) is 0. The van der Waals surface area contributed by atoms with Crippen LogP contribution in [0.4, 0.5) is 5.69 Å². The van der Waals surface area contributed by atoms with E-state index in [1.165, 1.54) is 28.0 Å². The summed E-state index contributed by atoms with van der Waals surface area (Å²) in [5, 5.41) is 7.92. The highest BCUT2D eigenvalue weighted by Gasteiger charge is 2.11. The first-order chi connectivity index (χ1) is 13.8. The normalized spacial score (nSPS) is 10.6. The Hall–Kier alpha value is -2.20. The molecular weight excluding hydrogens is 448 g/mol. The highest BCUT2D eigenvalue weighted by Crippen LogP contribution is 2.25. The Morgan fingerprint density at radius 2 is 1.83 bits per heavy atom. The summed E-state index contributed by atoms with van der Waals surface area (Å²) in [7, 11) is 3.39. The zero-order chi connectivity index (χ0) is 21.0. The maximum absolute atomic E-state index is 12.2. The molecule has 0 spiro atoms. The minimum Gasteiger partial charge on any atom is -0.345 e. The molecule has 1 N–H and O–H groups in total. The van der Waals surface area contributed by atoms with Crippen LogP contribution in [0.1, 0.15) is 10.4 Å². The van der Waals surface area contributed by atoms with Gasteiger partial charge in [0.25, 0.3) is 5.91 Å². The second-order valence-corrected chi connectivity index (χ2v) is 9.42. The second-order valence-electron chi connectivity index (χ2n) is 6.14. The van der Waals surface area contributed by atoms with E-state index in [2.05, 4.69) is 10.4 Å². The predicted molar refractivity (Wildman–Crippen MR) is 121 cm³/mol. The fourth-order valence-corrected chi connectivity index (χ4v) is 4.63. The van der Waals surface area contributed by atoms with Crippen molar-refractivity contribution >= 4 is 64.4 Å². The molecule has 0 bridgehead atoms. The number of carbonyl (C=O) groups excluding carboxylic acids is 2. The van der Waals surface area contributed by atoms with E-state index >= 15 is 0 Å². The molecule has 0 saturated carbocycles. The Balaban J connectivity index is 1.58. The number of amides is 2. The zero-order valence-electron chi connectivity index (χ0n) is 15.6. The number of nitrogens with zero attached hydrogens (tertiary/aromatic N) is 3. The highest BCUT2D eigenvalue weighted by molar-refractivity contribution is 8.01. The molecule has 3 aromatic rings. The number of nitrogens with one attached hydrogen (secondary N) is 1. The van der Waals surface area contributed by atoms with Crippen LogP contribution in [0.3, 0.4) is 0 Å². The molecule has 1 aromatic heterocycles. The molecule has 0 aliphatic carbocycles. The minimum atomic E-state index is -0.166. The van der Waals surface area contributed by atoms with E-state index in [0.29, 0.717) is 24.6 Å². The lowest BCUT2D eigenvalue weighted by atomic mass is 10.2. The predicted octanol–water partition coefficient (Wildman–Crippen LogP) is 4.75. The van der Waals surface area contributed by atoms with Gasteiger partial charge < -0.3 is 10.2 Å². The summed E-state index contributed by atoms with van der Waals surface area (Å²) >= 11 is 13.9. The number of aromatic nitrogens is 2. The number of benzene rings is 2. The third-order valence-corrected chi connectivity index (χ3v) is 6.37. The van der Waals surface area contributed by atoms with Crippen molar-refractivity contribution in [3.05, 3.63) is 63.1 Å². The molecule has 6 nitrogen and oxygen atoms in total. The molecule has 0 atom stereocenters. The van der Waals surface area contributed by atoms with E-state index in [-0.39, 0.29) is 17.6 Å². The van der Waals surface area contributed by atoms with Crippen molar-refractivity contribution in [2.75, 3.05) is 25.2 Å². The molecule has 150 valence electrons. The number of thioether (sulfide) groups is 1. The molecule has 0 radical (unpaired) electrons. The van der Waals surface area contributed by atoms with Crippen LogP contribution in [0.5, 0.6) is 0 Å². The van der Waals surface area contributed by atoms with Crippen LogP contribution in [-0.4, -0.2) is 46.3 Å². The van der Waals surface area contributed by atoms with Gasteiger partial charge in [-0.15, -0.1) is 5.10 Å². The highest BCUT2D eigenvalue weighted by atomic mass is 35.5. The van der Waals surface area contributed by atoms with Crippen LogP contribution in [0.25, 0.3) is 5.69 Å². The topological polar surface area (TPSA) is 67.2 Å². The summed E-state index contributed by atoms with van der Waals surface area (Å²) < 4.78 is 2.94. The quantitative estimate of drug-likeness (QED) is 0.421. The largest absolute Gasteiger partial charge is 0.345 e. The van der Waals surface area contributed by atoms with Crippen molar-refractivity contribution < 1.29 is 9.59 Å². The Morgan fingerprint density at radius 3 is 2.45 bits per heavy atom. The van der Waals surface area contributed by atoms with Crippen LogP contribution in [0, 0.1) is 3.95 Å². The summed E-state index contributed by atoms with van der Waals surface area (Å²) in [6, 6.07) is 14.0. The van der Waals surface area contributed by atoms with Crippen LogP contribution in [-0.2, 0) is 4.79 Å². The summed E-state index contributed by atoms with van der Waals surface area (Å²) in [4.78, 5) is 25.6. The van der Waals surface area contributed by atoms with Gasteiger partial charge in [0, 0.05) is 30.4 Å². The number of carbonyl (C=O) groups is 2. The van der Waals surface area contributed by atoms with Crippen LogP contribution >= 0.6 is 46.9 Å². The first-order valence-corrected chi connectivity index (χ1v) is 11.0. The van der Waals surface area contributed by atoms with Gasteiger partial charge in [-0.2, -0.15) is 0 Å². The standard InChI is InChI=1S/C19H17ClN4O2S3/c1-23(2)17(26)12-3-7-14(8-4-12)21-16(25)11-28-18-22-24(19(27)29-18)15-9-5-13(20)6-10-15/h3-10H,11H2,1-2H3,(H,21,25). The Kier molecular flexibility index (Phi) is 7.07. The van der Waals surface area contributed by atoms with Crippen molar-refractivity contribution in [2.24, 2.45) is 0 Å². The van der Waals surface area contributed by atoms with Crippen LogP contribution < -0.4 is 5.32 Å².